The van der Waals surface area contributed by atoms with Gasteiger partial charge in [-0.3, -0.25) is 4.79 Å². The number of morpholine rings is 1. The second-order valence-electron chi connectivity index (χ2n) is 8.01. The second-order valence-corrected chi connectivity index (χ2v) is 8.86. The Morgan fingerprint density at radius 3 is 2.53 bits per heavy atom. The quantitative estimate of drug-likeness (QED) is 0.475. The first-order chi connectivity index (χ1) is 15.5. The van der Waals surface area contributed by atoms with Gasteiger partial charge in [0.25, 0.3) is 5.91 Å². The van der Waals surface area contributed by atoms with Gasteiger partial charge in [0.15, 0.2) is 0 Å². The molecule has 1 aliphatic heterocycles. The number of aldehydes is 1. The number of halogens is 2. The minimum Gasteiger partial charge on any atom is -0.387 e. The number of nitrogens with one attached hydrogen (secondary N) is 2. The molecule has 2 aromatic carbocycles. The maximum Gasteiger partial charge on any atom is 0.256 e. The van der Waals surface area contributed by atoms with Gasteiger partial charge >= 0.3 is 0 Å². The molecule has 170 valence electrons. The molecule has 0 unspecified atom stereocenters. The van der Waals surface area contributed by atoms with Crippen LogP contribution in [-0.4, -0.2) is 50.4 Å². The largest absolute Gasteiger partial charge is 0.387 e. The van der Waals surface area contributed by atoms with Gasteiger partial charge in [-0.15, -0.1) is 0 Å². The van der Waals surface area contributed by atoms with E-state index in [1.165, 1.54) is 12.1 Å². The van der Waals surface area contributed by atoms with Crippen molar-refractivity contribution in [3.8, 4) is 0 Å². The standard InChI is InChI=1S/C23H25F2N3O3S/c1-26-21-17(22(30)28-7-9-31-10-8-28)12-16(13-18(21)23(14-29)5-2-6-23)27-32-20-4-3-15(24)11-19(20)25/h3-4,11-14,26-27H,2,5-10H2,1H3. The average Bonchev–Trinajstić information content (AvgIpc) is 2.78. The van der Waals surface area contributed by atoms with Crippen molar-refractivity contribution in [2.45, 2.75) is 29.6 Å². The number of carbonyl (C=O) groups is 2. The van der Waals surface area contributed by atoms with Crippen molar-refractivity contribution in [1.29, 1.82) is 0 Å². The second kappa shape index (κ2) is 9.46. The smallest absolute Gasteiger partial charge is 0.256 e. The van der Waals surface area contributed by atoms with Gasteiger partial charge in [-0.25, -0.2) is 8.78 Å². The van der Waals surface area contributed by atoms with Crippen LogP contribution in [0.15, 0.2) is 35.2 Å². The molecular weight excluding hydrogens is 436 g/mol. The van der Waals surface area contributed by atoms with Crippen molar-refractivity contribution in [2.24, 2.45) is 0 Å². The van der Waals surface area contributed by atoms with Gasteiger partial charge in [-0.05, 0) is 54.6 Å². The van der Waals surface area contributed by atoms with E-state index in [4.69, 9.17) is 4.74 Å². The van der Waals surface area contributed by atoms with Crippen molar-refractivity contribution in [1.82, 2.24) is 4.90 Å². The third-order valence-corrected chi connectivity index (χ3v) is 6.99. The van der Waals surface area contributed by atoms with Gasteiger partial charge in [-0.2, -0.15) is 0 Å². The van der Waals surface area contributed by atoms with Crippen molar-refractivity contribution in [2.75, 3.05) is 43.4 Å². The molecule has 0 spiro atoms. The highest BCUT2D eigenvalue weighted by molar-refractivity contribution is 8.00. The van der Waals surface area contributed by atoms with Crippen molar-refractivity contribution in [3.63, 3.8) is 0 Å². The lowest BCUT2D eigenvalue weighted by Gasteiger charge is -2.39. The van der Waals surface area contributed by atoms with E-state index in [1.807, 2.05) is 6.07 Å². The Hall–Kier alpha value is -2.65. The summed E-state index contributed by atoms with van der Waals surface area (Å²) in [5, 5.41) is 3.13. The normalized spacial score (nSPS) is 17.4. The third-order valence-electron chi connectivity index (χ3n) is 6.10. The van der Waals surface area contributed by atoms with E-state index in [9.17, 15) is 18.4 Å². The van der Waals surface area contributed by atoms with Gasteiger partial charge in [0.1, 0.15) is 17.9 Å². The SMILES string of the molecule is CNc1c(C(=O)N2CCOCC2)cc(NSc2ccc(F)cc2F)cc1C1(C=O)CCC1. The van der Waals surface area contributed by atoms with Crippen LogP contribution in [0.25, 0.3) is 0 Å². The Labute approximate surface area is 189 Å². The van der Waals surface area contributed by atoms with E-state index in [-0.39, 0.29) is 10.8 Å². The maximum absolute atomic E-state index is 14.1. The van der Waals surface area contributed by atoms with E-state index < -0.39 is 17.0 Å². The molecule has 2 fully saturated rings. The van der Waals surface area contributed by atoms with Gasteiger partial charge in [0.2, 0.25) is 0 Å². The van der Waals surface area contributed by atoms with Crippen LogP contribution in [-0.2, 0) is 14.9 Å². The molecule has 0 aromatic heterocycles. The third kappa shape index (κ3) is 4.31. The summed E-state index contributed by atoms with van der Waals surface area (Å²) in [6, 6.07) is 6.90. The predicted octanol–water partition coefficient (Wildman–Crippen LogP) is 4.22. The summed E-state index contributed by atoms with van der Waals surface area (Å²) < 4.78 is 35.7. The van der Waals surface area contributed by atoms with Crippen LogP contribution in [0, 0.1) is 11.6 Å². The molecule has 9 heteroatoms. The summed E-state index contributed by atoms with van der Waals surface area (Å²) in [4.78, 5) is 27.4. The molecule has 2 aromatic rings. The van der Waals surface area contributed by atoms with Crippen molar-refractivity contribution < 1.29 is 23.1 Å². The fourth-order valence-corrected chi connectivity index (χ4v) is 4.79. The van der Waals surface area contributed by atoms with E-state index in [0.717, 1.165) is 36.3 Å². The van der Waals surface area contributed by atoms with Crippen molar-refractivity contribution >= 4 is 35.5 Å². The molecule has 0 bridgehead atoms. The van der Waals surface area contributed by atoms with E-state index >= 15 is 0 Å². The molecule has 1 saturated carbocycles. The fraction of sp³-hybridized carbons (Fsp3) is 0.391. The first kappa shape index (κ1) is 22.5. The van der Waals surface area contributed by atoms with Crippen LogP contribution in [0.3, 0.4) is 0 Å². The van der Waals surface area contributed by atoms with Gasteiger partial charge in [0, 0.05) is 31.9 Å². The number of hydrogen-bond acceptors (Lipinski definition) is 6. The minimum atomic E-state index is -0.678. The fourth-order valence-electron chi connectivity index (χ4n) is 4.15. The predicted molar refractivity (Wildman–Crippen MR) is 120 cm³/mol. The van der Waals surface area contributed by atoms with Crippen LogP contribution >= 0.6 is 11.9 Å². The topological polar surface area (TPSA) is 70.7 Å². The molecule has 0 radical (unpaired) electrons. The van der Waals surface area contributed by atoms with E-state index in [2.05, 4.69) is 10.0 Å². The highest BCUT2D eigenvalue weighted by Gasteiger charge is 2.41. The molecule has 32 heavy (non-hydrogen) atoms. The molecule has 0 atom stereocenters. The number of benzene rings is 2. The first-order valence-corrected chi connectivity index (χ1v) is 11.4. The number of ether oxygens (including phenoxy) is 1. The van der Waals surface area contributed by atoms with E-state index in [0.29, 0.717) is 56.1 Å². The number of amides is 1. The zero-order valence-electron chi connectivity index (χ0n) is 17.7. The Balaban J connectivity index is 1.72. The summed E-state index contributed by atoms with van der Waals surface area (Å²) in [6.07, 6.45) is 3.31. The number of anilines is 2. The Kier molecular flexibility index (Phi) is 6.66. The molecule has 2 N–H and O–H groups in total. The molecule has 1 saturated heterocycles. The van der Waals surface area contributed by atoms with Gasteiger partial charge in [0.05, 0.1) is 34.8 Å². The summed E-state index contributed by atoms with van der Waals surface area (Å²) in [5.41, 5.74) is 1.75. The molecule has 1 heterocycles. The molecular formula is C23H25F2N3O3S. The minimum absolute atomic E-state index is 0.152. The highest BCUT2D eigenvalue weighted by Crippen LogP contribution is 2.47. The van der Waals surface area contributed by atoms with Crippen LogP contribution in [0.4, 0.5) is 20.2 Å². The molecule has 1 amide bonds. The summed E-state index contributed by atoms with van der Waals surface area (Å²) in [5.74, 6) is -1.48. The summed E-state index contributed by atoms with van der Waals surface area (Å²) in [7, 11) is 1.74. The van der Waals surface area contributed by atoms with Crippen LogP contribution in [0.1, 0.15) is 35.2 Å². The lowest BCUT2D eigenvalue weighted by molar-refractivity contribution is -0.115. The van der Waals surface area contributed by atoms with Crippen molar-refractivity contribution in [3.05, 3.63) is 53.1 Å². The lowest BCUT2D eigenvalue weighted by atomic mass is 9.64. The summed E-state index contributed by atoms with van der Waals surface area (Å²) >= 11 is 0.986. The number of nitrogens with zero attached hydrogens (tertiary/aromatic N) is 1. The first-order valence-electron chi connectivity index (χ1n) is 10.5. The van der Waals surface area contributed by atoms with Gasteiger partial charge < -0.3 is 24.5 Å². The monoisotopic (exact) mass is 461 g/mol. The maximum atomic E-state index is 14.1. The zero-order chi connectivity index (χ0) is 22.7. The Bertz CT molecular complexity index is 1020. The van der Waals surface area contributed by atoms with Crippen LogP contribution in [0.2, 0.25) is 0 Å². The zero-order valence-corrected chi connectivity index (χ0v) is 18.6. The number of carbonyl (C=O) groups excluding carboxylic acids is 2. The number of rotatable bonds is 7. The number of hydrogen-bond donors (Lipinski definition) is 2. The highest BCUT2D eigenvalue weighted by atomic mass is 32.2. The Morgan fingerprint density at radius 2 is 1.94 bits per heavy atom. The molecule has 2 aliphatic rings. The molecule has 1 aliphatic carbocycles. The summed E-state index contributed by atoms with van der Waals surface area (Å²) in [6.45, 7) is 1.93. The molecule has 6 nitrogen and oxygen atoms in total. The van der Waals surface area contributed by atoms with Crippen LogP contribution < -0.4 is 10.0 Å². The average molecular weight is 462 g/mol. The Morgan fingerprint density at radius 1 is 1.19 bits per heavy atom. The molecule has 4 rings (SSSR count). The van der Waals surface area contributed by atoms with Gasteiger partial charge in [-0.1, -0.05) is 6.42 Å². The van der Waals surface area contributed by atoms with E-state index in [1.54, 1.807) is 18.0 Å². The van der Waals surface area contributed by atoms with Crippen LogP contribution in [0.5, 0.6) is 0 Å². The lowest BCUT2D eigenvalue weighted by Crippen LogP contribution is -2.41.